The third-order valence-corrected chi connectivity index (χ3v) is 6.75. The van der Waals surface area contributed by atoms with Gasteiger partial charge in [-0.2, -0.15) is 0 Å². The van der Waals surface area contributed by atoms with E-state index in [-0.39, 0.29) is 32.3 Å². The van der Waals surface area contributed by atoms with E-state index >= 15 is 0 Å². The number of benzene rings is 2. The van der Waals surface area contributed by atoms with Crippen LogP contribution in [0.5, 0.6) is 11.5 Å². The molecule has 0 aliphatic heterocycles. The van der Waals surface area contributed by atoms with Crippen molar-refractivity contribution in [2.75, 3.05) is 32.3 Å². The topological polar surface area (TPSA) is 68.2 Å². The SMILES string of the molecule is C#CCOCC(O)COc1c(Br)cc(Cc2cc(Br)c(OCC(O)CCl)c(Br)c2)cc1Br. The molecule has 0 amide bonds. The van der Waals surface area contributed by atoms with Gasteiger partial charge >= 0.3 is 0 Å². The van der Waals surface area contributed by atoms with Gasteiger partial charge in [0, 0.05) is 0 Å². The van der Waals surface area contributed by atoms with Crippen LogP contribution in [0.25, 0.3) is 0 Å². The van der Waals surface area contributed by atoms with Crippen LogP contribution in [0.3, 0.4) is 0 Å². The first-order chi connectivity index (χ1) is 15.2. The molecule has 0 aromatic heterocycles. The van der Waals surface area contributed by atoms with Gasteiger partial charge in [0.05, 0.1) is 30.4 Å². The first kappa shape index (κ1) is 27.9. The van der Waals surface area contributed by atoms with E-state index in [1.54, 1.807) is 0 Å². The summed E-state index contributed by atoms with van der Waals surface area (Å²) in [5.41, 5.74) is 2.08. The lowest BCUT2D eigenvalue weighted by atomic mass is 10.0. The zero-order valence-electron chi connectivity index (χ0n) is 16.8. The second-order valence-corrected chi connectivity index (χ2v) is 10.5. The molecule has 174 valence electrons. The van der Waals surface area contributed by atoms with Gasteiger partial charge in [-0.25, -0.2) is 0 Å². The summed E-state index contributed by atoms with van der Waals surface area (Å²) in [6, 6.07) is 7.85. The highest BCUT2D eigenvalue weighted by Crippen LogP contribution is 2.38. The minimum Gasteiger partial charge on any atom is -0.488 e. The Morgan fingerprint density at radius 1 is 0.812 bits per heavy atom. The average molecular weight is 720 g/mol. The van der Waals surface area contributed by atoms with Crippen LogP contribution in [0.15, 0.2) is 42.2 Å². The van der Waals surface area contributed by atoms with Crippen molar-refractivity contribution < 1.29 is 24.4 Å². The molecular weight excluding hydrogens is 699 g/mol. The van der Waals surface area contributed by atoms with Crippen molar-refractivity contribution >= 4 is 75.3 Å². The molecule has 5 nitrogen and oxygen atoms in total. The molecule has 0 aliphatic rings. The summed E-state index contributed by atoms with van der Waals surface area (Å²) >= 11 is 19.7. The van der Waals surface area contributed by atoms with Gasteiger partial charge in [0.2, 0.25) is 0 Å². The zero-order valence-corrected chi connectivity index (χ0v) is 23.9. The van der Waals surface area contributed by atoms with E-state index in [4.69, 9.17) is 32.2 Å². The molecule has 2 aromatic carbocycles. The van der Waals surface area contributed by atoms with Crippen LogP contribution in [0.2, 0.25) is 0 Å². The van der Waals surface area contributed by atoms with Gasteiger partial charge in [-0.1, -0.05) is 5.92 Å². The maximum atomic E-state index is 9.94. The molecular formula is C22H21Br4ClO5. The third-order valence-electron chi connectivity index (χ3n) is 4.04. The summed E-state index contributed by atoms with van der Waals surface area (Å²) in [7, 11) is 0. The maximum Gasteiger partial charge on any atom is 0.147 e. The number of terminal acetylenes is 1. The minimum atomic E-state index is -0.789. The second kappa shape index (κ2) is 14.2. The highest BCUT2D eigenvalue weighted by atomic mass is 79.9. The second-order valence-electron chi connectivity index (χ2n) is 6.76. The van der Waals surface area contributed by atoms with Crippen LogP contribution in [-0.4, -0.2) is 54.7 Å². The van der Waals surface area contributed by atoms with Crippen LogP contribution in [-0.2, 0) is 11.2 Å². The highest BCUT2D eigenvalue weighted by Gasteiger charge is 2.15. The molecule has 10 heteroatoms. The fourth-order valence-electron chi connectivity index (χ4n) is 2.65. The molecule has 2 aromatic rings. The van der Waals surface area contributed by atoms with Crippen molar-refractivity contribution in [3.05, 3.63) is 53.3 Å². The minimum absolute atomic E-state index is 0.0703. The summed E-state index contributed by atoms with van der Waals surface area (Å²) < 4.78 is 19.6. The fourth-order valence-corrected chi connectivity index (χ4v) is 5.76. The van der Waals surface area contributed by atoms with E-state index in [2.05, 4.69) is 69.6 Å². The van der Waals surface area contributed by atoms with Crippen LogP contribution in [0.1, 0.15) is 11.1 Å². The Labute approximate surface area is 226 Å². The Kier molecular flexibility index (Phi) is 12.4. The molecule has 2 rings (SSSR count). The van der Waals surface area contributed by atoms with Crippen molar-refractivity contribution in [2.24, 2.45) is 0 Å². The lowest BCUT2D eigenvalue weighted by Crippen LogP contribution is -2.23. The molecule has 0 heterocycles. The van der Waals surface area contributed by atoms with Crippen molar-refractivity contribution in [1.29, 1.82) is 0 Å². The molecule has 32 heavy (non-hydrogen) atoms. The molecule has 0 fully saturated rings. The first-order valence-corrected chi connectivity index (χ1v) is 13.1. The maximum absolute atomic E-state index is 9.94. The lowest BCUT2D eigenvalue weighted by Gasteiger charge is -2.16. The largest absolute Gasteiger partial charge is 0.488 e. The third kappa shape index (κ3) is 8.80. The van der Waals surface area contributed by atoms with E-state index in [9.17, 15) is 10.2 Å². The number of hydrogen-bond acceptors (Lipinski definition) is 5. The normalized spacial score (nSPS) is 12.8. The molecule has 0 saturated carbocycles. The standard InChI is InChI=1S/C22H21Br4ClO5/c1-2-3-30-10-16(29)12-32-22-19(25)7-14(8-20(22)26)4-13-5-17(23)21(18(24)6-13)31-11-15(28)9-27/h1,5-8,15-16,28-29H,3-4,9-12H2. The summed E-state index contributed by atoms with van der Waals surface area (Å²) in [6.45, 7) is 0.423. The Balaban J connectivity index is 2.06. The molecule has 0 aliphatic carbocycles. The quantitative estimate of drug-likeness (QED) is 0.168. The summed E-state index contributed by atoms with van der Waals surface area (Å²) in [4.78, 5) is 0. The van der Waals surface area contributed by atoms with Crippen LogP contribution in [0.4, 0.5) is 0 Å². The van der Waals surface area contributed by atoms with Gasteiger partial charge < -0.3 is 24.4 Å². The van der Waals surface area contributed by atoms with Crippen molar-refractivity contribution in [3.8, 4) is 23.8 Å². The number of hydrogen-bond donors (Lipinski definition) is 2. The first-order valence-electron chi connectivity index (χ1n) is 9.39. The molecule has 2 atom stereocenters. The smallest absolute Gasteiger partial charge is 0.147 e. The predicted octanol–water partition coefficient (Wildman–Crippen LogP) is 5.70. The molecule has 2 unspecified atom stereocenters. The number of halogens is 5. The molecule has 0 bridgehead atoms. The Hall–Kier alpha value is -0.310. The lowest BCUT2D eigenvalue weighted by molar-refractivity contribution is 0.0225. The van der Waals surface area contributed by atoms with Gasteiger partial charge in [0.25, 0.3) is 0 Å². The van der Waals surface area contributed by atoms with Crippen molar-refractivity contribution in [1.82, 2.24) is 0 Å². The Morgan fingerprint density at radius 2 is 1.25 bits per heavy atom. The molecule has 2 N–H and O–H groups in total. The average Bonchev–Trinajstić information content (AvgIpc) is 2.72. The van der Waals surface area contributed by atoms with Gasteiger partial charge in [-0.3, -0.25) is 0 Å². The van der Waals surface area contributed by atoms with Crippen LogP contribution < -0.4 is 9.47 Å². The molecule has 0 radical (unpaired) electrons. The van der Waals surface area contributed by atoms with Gasteiger partial charge in [0.15, 0.2) is 0 Å². The van der Waals surface area contributed by atoms with Crippen molar-refractivity contribution in [2.45, 2.75) is 18.6 Å². The summed E-state index contributed by atoms with van der Waals surface area (Å²) in [6.07, 6.45) is 4.25. The number of alkyl halides is 1. The Bertz CT molecular complexity index is 904. The predicted molar refractivity (Wildman–Crippen MR) is 140 cm³/mol. The monoisotopic (exact) mass is 716 g/mol. The van der Waals surface area contributed by atoms with Gasteiger partial charge in [0.1, 0.15) is 43.5 Å². The van der Waals surface area contributed by atoms with E-state index in [0.717, 1.165) is 29.0 Å². The number of aliphatic hydroxyl groups is 2. The van der Waals surface area contributed by atoms with E-state index < -0.39 is 12.2 Å². The van der Waals surface area contributed by atoms with Gasteiger partial charge in [-0.15, -0.1) is 18.0 Å². The number of aliphatic hydroxyl groups excluding tert-OH is 2. The fraction of sp³-hybridized carbons (Fsp3) is 0.364. The Morgan fingerprint density at radius 3 is 1.66 bits per heavy atom. The van der Waals surface area contributed by atoms with Crippen LogP contribution in [0, 0.1) is 12.3 Å². The summed E-state index contributed by atoms with van der Waals surface area (Å²) in [5, 5.41) is 19.5. The van der Waals surface area contributed by atoms with E-state index in [1.807, 2.05) is 24.3 Å². The van der Waals surface area contributed by atoms with E-state index in [1.165, 1.54) is 0 Å². The van der Waals surface area contributed by atoms with Crippen LogP contribution >= 0.6 is 75.3 Å². The number of rotatable bonds is 12. The van der Waals surface area contributed by atoms with E-state index in [0.29, 0.717) is 17.9 Å². The van der Waals surface area contributed by atoms with Crippen molar-refractivity contribution in [3.63, 3.8) is 0 Å². The highest BCUT2D eigenvalue weighted by molar-refractivity contribution is 9.11. The molecule has 0 saturated heterocycles. The zero-order chi connectivity index (χ0) is 23.7. The molecule has 0 spiro atoms. The number of ether oxygens (including phenoxy) is 3. The summed E-state index contributed by atoms with van der Waals surface area (Å²) in [5.74, 6) is 3.65. The van der Waals surface area contributed by atoms with Gasteiger partial charge in [-0.05, 0) is 106 Å².